The van der Waals surface area contributed by atoms with Crippen molar-refractivity contribution in [2.75, 3.05) is 5.73 Å². The number of hydrogen-bond donors (Lipinski definition) is 3. The van der Waals surface area contributed by atoms with Crippen molar-refractivity contribution in [3.63, 3.8) is 0 Å². The van der Waals surface area contributed by atoms with Gasteiger partial charge in [-0.25, -0.2) is 8.78 Å². The summed E-state index contributed by atoms with van der Waals surface area (Å²) in [6.45, 7) is 0. The van der Waals surface area contributed by atoms with Crippen LogP contribution in [0.1, 0.15) is 11.5 Å². The van der Waals surface area contributed by atoms with Crippen LogP contribution < -0.4 is 11.2 Å². The summed E-state index contributed by atoms with van der Waals surface area (Å²) >= 11 is 0. The Morgan fingerprint density at radius 1 is 1.11 bits per heavy atom. The highest BCUT2D eigenvalue weighted by atomic mass is 19.3. The number of benzene rings is 2. The van der Waals surface area contributed by atoms with E-state index in [9.17, 15) is 18.8 Å². The molecule has 28 heavy (non-hydrogen) atoms. The molecule has 4 N–H and O–H groups in total. The zero-order valence-electron chi connectivity index (χ0n) is 14.6. The Hall–Kier alpha value is -3.10. The van der Waals surface area contributed by atoms with E-state index in [2.05, 4.69) is 10.2 Å². The van der Waals surface area contributed by atoms with E-state index in [0.29, 0.717) is 22.2 Å². The van der Waals surface area contributed by atoms with Crippen LogP contribution in [0.15, 0.2) is 66.4 Å². The second-order valence-corrected chi connectivity index (χ2v) is 6.60. The summed E-state index contributed by atoms with van der Waals surface area (Å²) < 4.78 is 26.0. The molecule has 0 amide bonds. The van der Waals surface area contributed by atoms with Gasteiger partial charge in [-0.05, 0) is 34.3 Å². The summed E-state index contributed by atoms with van der Waals surface area (Å²) in [5.41, 5.74) is 9.50. The van der Waals surface area contributed by atoms with Crippen molar-refractivity contribution in [2.45, 2.75) is 12.3 Å². The average Bonchev–Trinajstić information content (AvgIpc) is 3.18. The first kappa shape index (κ1) is 18.3. The van der Waals surface area contributed by atoms with Gasteiger partial charge in [0.25, 0.3) is 6.43 Å². The molecule has 0 fully saturated rings. The Morgan fingerprint density at radius 2 is 1.93 bits per heavy atom. The number of aromatic nitrogens is 2. The Kier molecular flexibility index (Phi) is 4.66. The summed E-state index contributed by atoms with van der Waals surface area (Å²) in [6.07, 6.45) is 3.56. The lowest BCUT2D eigenvalue weighted by atomic mass is 9.77. The highest BCUT2D eigenvalue weighted by molar-refractivity contribution is 6.58. The molecule has 1 aliphatic carbocycles. The first-order chi connectivity index (χ1) is 13.4. The Bertz CT molecular complexity index is 1120. The minimum absolute atomic E-state index is 0.0284. The van der Waals surface area contributed by atoms with Gasteiger partial charge in [0.1, 0.15) is 0 Å². The number of nitrogen functional groups attached to an aromatic ring is 1. The molecule has 1 heterocycles. The minimum Gasteiger partial charge on any atom is -0.423 e. The van der Waals surface area contributed by atoms with Gasteiger partial charge in [-0.3, -0.25) is 0 Å². The van der Waals surface area contributed by atoms with E-state index in [1.165, 1.54) is 18.3 Å². The molecule has 4 rings (SSSR count). The third-order valence-electron chi connectivity index (χ3n) is 4.84. The predicted octanol–water partition coefficient (Wildman–Crippen LogP) is 2.40. The molecule has 1 atom stereocenters. The molecule has 1 aliphatic rings. The summed E-state index contributed by atoms with van der Waals surface area (Å²) in [6, 6.07) is 10.4. The number of hydrogen-bond acceptors (Lipinski definition) is 5. The molecular formula is C20H16BF2N3O2. The van der Waals surface area contributed by atoms with Crippen LogP contribution in [-0.2, 0) is 0 Å². The maximum atomic E-state index is 13.0. The van der Waals surface area contributed by atoms with Gasteiger partial charge in [-0.1, -0.05) is 42.5 Å². The summed E-state index contributed by atoms with van der Waals surface area (Å²) in [5, 5.41) is 27.8. The molecule has 1 aromatic heterocycles. The van der Waals surface area contributed by atoms with Gasteiger partial charge >= 0.3 is 7.12 Å². The maximum Gasteiger partial charge on any atom is 0.488 e. The van der Waals surface area contributed by atoms with Crippen molar-refractivity contribution in [3.8, 4) is 11.1 Å². The molecular weight excluding hydrogens is 363 g/mol. The van der Waals surface area contributed by atoms with E-state index in [-0.39, 0.29) is 11.5 Å². The monoisotopic (exact) mass is 379 g/mol. The lowest BCUT2D eigenvalue weighted by Gasteiger charge is -2.16. The Labute approximate surface area is 160 Å². The van der Waals surface area contributed by atoms with Crippen molar-refractivity contribution >= 4 is 29.2 Å². The molecule has 0 bridgehead atoms. The second kappa shape index (κ2) is 7.14. The highest BCUT2D eigenvalue weighted by Crippen LogP contribution is 2.36. The normalized spacial score (nSPS) is 16.0. The molecule has 2 aromatic carbocycles. The molecule has 0 saturated heterocycles. The van der Waals surface area contributed by atoms with Crippen molar-refractivity contribution < 1.29 is 18.8 Å². The molecule has 3 aromatic rings. The third kappa shape index (κ3) is 3.28. The van der Waals surface area contributed by atoms with Crippen LogP contribution in [0.25, 0.3) is 22.0 Å². The van der Waals surface area contributed by atoms with E-state index >= 15 is 0 Å². The number of alkyl halides is 2. The maximum absolute atomic E-state index is 13.0. The van der Waals surface area contributed by atoms with Gasteiger partial charge in [0, 0.05) is 16.9 Å². The van der Waals surface area contributed by atoms with E-state index in [0.717, 1.165) is 16.5 Å². The van der Waals surface area contributed by atoms with Crippen LogP contribution in [0.3, 0.4) is 0 Å². The molecule has 5 nitrogen and oxygen atoms in total. The van der Waals surface area contributed by atoms with E-state index in [1.54, 1.807) is 30.3 Å². The Morgan fingerprint density at radius 3 is 2.64 bits per heavy atom. The van der Waals surface area contributed by atoms with Crippen molar-refractivity contribution in [1.82, 2.24) is 10.2 Å². The first-order valence-electron chi connectivity index (χ1n) is 8.63. The summed E-state index contributed by atoms with van der Waals surface area (Å²) in [7, 11) is -1.64. The van der Waals surface area contributed by atoms with Gasteiger partial charge in [-0.15, -0.1) is 0 Å². The van der Waals surface area contributed by atoms with Gasteiger partial charge in [0.05, 0.1) is 17.4 Å². The van der Waals surface area contributed by atoms with E-state index in [4.69, 9.17) is 5.73 Å². The largest absolute Gasteiger partial charge is 0.488 e. The quantitative estimate of drug-likeness (QED) is 0.606. The molecule has 140 valence electrons. The lowest BCUT2D eigenvalue weighted by Crippen LogP contribution is -2.30. The van der Waals surface area contributed by atoms with Crippen molar-refractivity contribution in [1.29, 1.82) is 0 Å². The standard InChI is InChI=1S/C20H16BF2N3O2/c22-20(23)13-2-1-11(7-13)15-6-4-14(21(27)28)9-17(15)12-3-5-16-18(24)10-25-26-19(16)8-12/h1-11,20,27-28H,(H2,24,26). The zero-order valence-corrected chi connectivity index (χ0v) is 14.6. The predicted molar refractivity (Wildman–Crippen MR) is 105 cm³/mol. The summed E-state index contributed by atoms with van der Waals surface area (Å²) in [5.74, 6) is -0.341. The number of anilines is 1. The summed E-state index contributed by atoms with van der Waals surface area (Å²) in [4.78, 5) is 0. The van der Waals surface area contributed by atoms with Crippen LogP contribution in [0, 0.1) is 0 Å². The Balaban J connectivity index is 1.87. The van der Waals surface area contributed by atoms with Crippen LogP contribution in [-0.4, -0.2) is 33.8 Å². The SMILES string of the molecule is Nc1cnnc2cc(-c3cc(B(O)O)ccc3C3C=CC(C(F)F)=C3)ccc12. The topological polar surface area (TPSA) is 92.3 Å². The van der Waals surface area contributed by atoms with Gasteiger partial charge in [0.15, 0.2) is 0 Å². The fraction of sp³-hybridized carbons (Fsp3) is 0.100. The van der Waals surface area contributed by atoms with Crippen LogP contribution in [0.2, 0.25) is 0 Å². The first-order valence-corrected chi connectivity index (χ1v) is 8.63. The van der Waals surface area contributed by atoms with Crippen LogP contribution >= 0.6 is 0 Å². The number of allylic oxidation sites excluding steroid dienone is 4. The van der Waals surface area contributed by atoms with Crippen molar-refractivity contribution in [3.05, 3.63) is 72.0 Å². The minimum atomic E-state index is -2.54. The average molecular weight is 379 g/mol. The molecule has 0 radical (unpaired) electrons. The smallest absolute Gasteiger partial charge is 0.423 e. The lowest BCUT2D eigenvalue weighted by molar-refractivity contribution is 0.194. The number of nitrogens with zero attached hydrogens (tertiary/aromatic N) is 2. The van der Waals surface area contributed by atoms with Gasteiger partial charge in [-0.2, -0.15) is 10.2 Å². The number of rotatable bonds is 4. The van der Waals surface area contributed by atoms with E-state index < -0.39 is 13.5 Å². The van der Waals surface area contributed by atoms with Crippen LogP contribution in [0.4, 0.5) is 14.5 Å². The van der Waals surface area contributed by atoms with Gasteiger partial charge in [0.2, 0.25) is 0 Å². The molecule has 0 aliphatic heterocycles. The number of fused-ring (bicyclic) bond motifs is 1. The van der Waals surface area contributed by atoms with Crippen LogP contribution in [0.5, 0.6) is 0 Å². The molecule has 0 saturated carbocycles. The van der Waals surface area contributed by atoms with E-state index in [1.807, 2.05) is 12.1 Å². The fourth-order valence-electron chi connectivity index (χ4n) is 3.40. The van der Waals surface area contributed by atoms with Gasteiger partial charge < -0.3 is 15.8 Å². The number of halogens is 2. The fourth-order valence-corrected chi connectivity index (χ4v) is 3.40. The molecule has 0 spiro atoms. The number of nitrogens with two attached hydrogens (primary N) is 1. The zero-order chi connectivity index (χ0) is 19.8. The molecule has 8 heteroatoms. The molecule has 1 unspecified atom stereocenters. The van der Waals surface area contributed by atoms with Crippen molar-refractivity contribution in [2.24, 2.45) is 0 Å². The third-order valence-corrected chi connectivity index (χ3v) is 4.84. The highest BCUT2D eigenvalue weighted by Gasteiger charge is 2.22. The second-order valence-electron chi connectivity index (χ2n) is 6.60.